The predicted octanol–water partition coefficient (Wildman–Crippen LogP) is 6.40. The minimum absolute atomic E-state index is 0.0468. The van der Waals surface area contributed by atoms with Gasteiger partial charge in [0.2, 0.25) is 0 Å². The van der Waals surface area contributed by atoms with Gasteiger partial charge in [-0.1, -0.05) is 78.9 Å². The molecule has 37 heavy (non-hydrogen) atoms. The van der Waals surface area contributed by atoms with Crippen LogP contribution in [0.15, 0.2) is 121 Å². The number of carbonyl (C=O) groups is 2. The van der Waals surface area contributed by atoms with E-state index in [1.165, 1.54) is 17.0 Å². The smallest absolute Gasteiger partial charge is 0.268 e. The highest BCUT2D eigenvalue weighted by Crippen LogP contribution is 2.36. The van der Waals surface area contributed by atoms with Crippen molar-refractivity contribution in [3.05, 3.63) is 142 Å². The molecule has 180 valence electrons. The van der Waals surface area contributed by atoms with Crippen LogP contribution in [0.1, 0.15) is 11.1 Å². The standard InChI is InChI=1S/C29H19N3O4S/c33-27-26(25(20-10-4-1-5-11-20)21-16-18-24(19-17-21)32(35)36)28(37)31(23-14-8-3-9-15-23)29(34)30(27)22-12-6-2-7-13-22/h1-19H. The summed E-state index contributed by atoms with van der Waals surface area (Å²) in [5, 5.41) is 11.3. The minimum atomic E-state index is -0.590. The van der Waals surface area contributed by atoms with Crippen molar-refractivity contribution in [1.82, 2.24) is 0 Å². The molecule has 0 N–H and O–H groups in total. The number of amides is 3. The molecule has 1 saturated heterocycles. The average molecular weight is 506 g/mol. The number of urea groups is 1. The number of nitro groups is 1. The SMILES string of the molecule is O=C1C(=C(c2ccccc2)c2ccc([N+](=O)[O-])cc2)C(=S)N(c2ccccc2)C(=O)N1c1ccccc1. The Hall–Kier alpha value is -4.95. The van der Waals surface area contributed by atoms with Gasteiger partial charge in [0.25, 0.3) is 11.6 Å². The second kappa shape index (κ2) is 9.96. The van der Waals surface area contributed by atoms with Gasteiger partial charge in [-0.05, 0) is 47.5 Å². The molecule has 7 nitrogen and oxygen atoms in total. The fraction of sp³-hybridized carbons (Fsp3) is 0. The maximum Gasteiger partial charge on any atom is 0.341 e. The van der Waals surface area contributed by atoms with E-state index in [9.17, 15) is 19.7 Å². The summed E-state index contributed by atoms with van der Waals surface area (Å²) in [5.41, 5.74) is 2.68. The topological polar surface area (TPSA) is 83.8 Å². The highest BCUT2D eigenvalue weighted by atomic mass is 32.1. The van der Waals surface area contributed by atoms with E-state index in [0.717, 1.165) is 4.90 Å². The Morgan fingerprint density at radius 1 is 0.649 bits per heavy atom. The van der Waals surface area contributed by atoms with Crippen LogP contribution >= 0.6 is 12.2 Å². The van der Waals surface area contributed by atoms with E-state index < -0.39 is 16.9 Å². The lowest BCUT2D eigenvalue weighted by Crippen LogP contribution is -2.56. The van der Waals surface area contributed by atoms with E-state index in [0.29, 0.717) is 28.1 Å². The van der Waals surface area contributed by atoms with Crippen LogP contribution in [0.3, 0.4) is 0 Å². The summed E-state index contributed by atoms with van der Waals surface area (Å²) in [4.78, 5) is 41.1. The first-order valence-corrected chi connectivity index (χ1v) is 11.8. The fourth-order valence-corrected chi connectivity index (χ4v) is 4.60. The van der Waals surface area contributed by atoms with E-state index in [1.54, 1.807) is 66.7 Å². The molecule has 0 bridgehead atoms. The molecule has 4 aromatic carbocycles. The van der Waals surface area contributed by atoms with Gasteiger partial charge in [-0.3, -0.25) is 19.8 Å². The van der Waals surface area contributed by atoms with Crippen molar-refractivity contribution in [3.8, 4) is 0 Å². The van der Waals surface area contributed by atoms with Gasteiger partial charge in [0, 0.05) is 17.7 Å². The molecule has 0 radical (unpaired) electrons. The van der Waals surface area contributed by atoms with Crippen LogP contribution in [0.25, 0.3) is 5.57 Å². The van der Waals surface area contributed by atoms with Crippen LogP contribution in [0.2, 0.25) is 0 Å². The number of nitro benzene ring substituents is 1. The molecule has 0 unspecified atom stereocenters. The van der Waals surface area contributed by atoms with Crippen molar-refractivity contribution in [2.75, 3.05) is 9.80 Å². The molecular formula is C29H19N3O4S. The minimum Gasteiger partial charge on any atom is -0.268 e. The van der Waals surface area contributed by atoms with E-state index in [1.807, 2.05) is 36.4 Å². The quantitative estimate of drug-likeness (QED) is 0.136. The summed E-state index contributed by atoms with van der Waals surface area (Å²) in [7, 11) is 0. The van der Waals surface area contributed by atoms with Gasteiger partial charge in [0.1, 0.15) is 4.99 Å². The molecule has 0 aromatic heterocycles. The van der Waals surface area contributed by atoms with Gasteiger partial charge >= 0.3 is 6.03 Å². The van der Waals surface area contributed by atoms with Gasteiger partial charge in [-0.15, -0.1) is 0 Å². The molecule has 3 amide bonds. The number of benzene rings is 4. The van der Waals surface area contributed by atoms with Crippen molar-refractivity contribution in [2.24, 2.45) is 0 Å². The Labute approximate surface area is 218 Å². The van der Waals surface area contributed by atoms with Crippen molar-refractivity contribution >= 4 is 51.8 Å². The number of non-ortho nitro benzene ring substituents is 1. The maximum atomic E-state index is 14.1. The maximum absolute atomic E-state index is 14.1. The lowest BCUT2D eigenvalue weighted by atomic mass is 9.90. The molecule has 0 aliphatic carbocycles. The second-order valence-electron chi connectivity index (χ2n) is 8.15. The fourth-order valence-electron chi connectivity index (χ4n) is 4.22. The Morgan fingerprint density at radius 2 is 1.11 bits per heavy atom. The van der Waals surface area contributed by atoms with Crippen LogP contribution in [0, 0.1) is 10.1 Å². The number of carbonyl (C=O) groups excluding carboxylic acids is 2. The summed E-state index contributed by atoms with van der Waals surface area (Å²) in [6, 6.07) is 32.0. The summed E-state index contributed by atoms with van der Waals surface area (Å²) >= 11 is 5.82. The molecule has 1 aliphatic heterocycles. The molecule has 1 aliphatic rings. The highest BCUT2D eigenvalue weighted by Gasteiger charge is 2.43. The van der Waals surface area contributed by atoms with Gasteiger partial charge in [0.05, 0.1) is 21.9 Å². The summed E-state index contributed by atoms with van der Waals surface area (Å²) < 4.78 is 0. The molecule has 0 atom stereocenters. The second-order valence-corrected chi connectivity index (χ2v) is 8.54. The van der Waals surface area contributed by atoms with Crippen molar-refractivity contribution in [2.45, 2.75) is 0 Å². The first-order chi connectivity index (χ1) is 18.0. The number of anilines is 2. The third kappa shape index (κ3) is 4.41. The molecule has 0 spiro atoms. The lowest BCUT2D eigenvalue weighted by Gasteiger charge is -2.37. The number of hydrogen-bond donors (Lipinski definition) is 0. The molecule has 4 aromatic rings. The number of thiocarbonyl (C=S) groups is 1. The van der Waals surface area contributed by atoms with Crippen LogP contribution in [0.5, 0.6) is 0 Å². The summed E-state index contributed by atoms with van der Waals surface area (Å²) in [6.07, 6.45) is 0. The third-order valence-electron chi connectivity index (χ3n) is 5.92. The zero-order chi connectivity index (χ0) is 25.9. The number of rotatable bonds is 5. The normalized spacial score (nSPS) is 15.1. The molecule has 1 heterocycles. The van der Waals surface area contributed by atoms with Crippen molar-refractivity contribution < 1.29 is 14.5 Å². The molecule has 1 fully saturated rings. The van der Waals surface area contributed by atoms with Crippen molar-refractivity contribution in [3.63, 3.8) is 0 Å². The molecule has 5 rings (SSSR count). The van der Waals surface area contributed by atoms with Crippen LogP contribution < -0.4 is 9.80 Å². The monoisotopic (exact) mass is 505 g/mol. The number of nitrogens with zero attached hydrogens (tertiary/aromatic N) is 3. The van der Waals surface area contributed by atoms with Gasteiger partial charge < -0.3 is 0 Å². The third-order valence-corrected chi connectivity index (χ3v) is 6.31. The van der Waals surface area contributed by atoms with Gasteiger partial charge in [0.15, 0.2) is 0 Å². The summed E-state index contributed by atoms with van der Waals surface area (Å²) in [5.74, 6) is -0.578. The van der Waals surface area contributed by atoms with E-state index in [2.05, 4.69) is 0 Å². The van der Waals surface area contributed by atoms with E-state index in [4.69, 9.17) is 12.2 Å². The first-order valence-electron chi connectivity index (χ1n) is 11.3. The number of para-hydroxylation sites is 2. The lowest BCUT2D eigenvalue weighted by molar-refractivity contribution is -0.384. The van der Waals surface area contributed by atoms with E-state index >= 15 is 0 Å². The van der Waals surface area contributed by atoms with Crippen molar-refractivity contribution in [1.29, 1.82) is 0 Å². The Morgan fingerprint density at radius 3 is 1.62 bits per heavy atom. The molecule has 0 saturated carbocycles. The van der Waals surface area contributed by atoms with Gasteiger partial charge in [-0.25, -0.2) is 9.69 Å². The highest BCUT2D eigenvalue weighted by molar-refractivity contribution is 7.81. The predicted molar refractivity (Wildman–Crippen MR) is 146 cm³/mol. The Kier molecular flexibility index (Phi) is 6.40. The van der Waals surface area contributed by atoms with Crippen LogP contribution in [-0.2, 0) is 4.79 Å². The Balaban J connectivity index is 1.80. The number of imide groups is 1. The van der Waals surface area contributed by atoms with Gasteiger partial charge in [-0.2, -0.15) is 0 Å². The Bertz CT molecular complexity index is 1470. The van der Waals surface area contributed by atoms with Crippen LogP contribution in [0.4, 0.5) is 21.9 Å². The molecule has 8 heteroatoms. The zero-order valence-electron chi connectivity index (χ0n) is 19.4. The average Bonchev–Trinajstić information content (AvgIpc) is 2.93. The zero-order valence-corrected chi connectivity index (χ0v) is 20.2. The molecular weight excluding hydrogens is 486 g/mol. The van der Waals surface area contributed by atoms with E-state index in [-0.39, 0.29) is 16.2 Å². The summed E-state index contributed by atoms with van der Waals surface area (Å²) in [6.45, 7) is 0. The van der Waals surface area contributed by atoms with Crippen LogP contribution in [-0.4, -0.2) is 21.9 Å². The largest absolute Gasteiger partial charge is 0.341 e. The first kappa shape index (κ1) is 23.8. The number of hydrogen-bond acceptors (Lipinski definition) is 5.